The first kappa shape index (κ1) is 14.9. The van der Waals surface area contributed by atoms with Gasteiger partial charge < -0.3 is 9.52 Å². The summed E-state index contributed by atoms with van der Waals surface area (Å²) in [7, 11) is 1.35. The van der Waals surface area contributed by atoms with Crippen LogP contribution in [0.4, 0.5) is 10.8 Å². The average Bonchev–Trinajstić information content (AvgIpc) is 3.11. The van der Waals surface area contributed by atoms with Crippen molar-refractivity contribution in [1.29, 1.82) is 0 Å². The zero-order chi connectivity index (χ0) is 15.9. The molecule has 3 rings (SSSR count). The lowest BCUT2D eigenvalue weighted by atomic mass is 10.2. The molecule has 1 N–H and O–H groups in total. The molecule has 0 radical (unpaired) electrons. The molecule has 3 aromatic rings. The molecule has 2 heterocycles. The SMILES string of the molecule is CC(c1nnc(N(C)C(=O)O)o1)c1nc2ccc(Br)cc2s1. The van der Waals surface area contributed by atoms with Gasteiger partial charge in [-0.2, -0.15) is 0 Å². The molecule has 1 amide bonds. The number of anilines is 1. The summed E-state index contributed by atoms with van der Waals surface area (Å²) >= 11 is 4.97. The molecule has 1 aromatic carbocycles. The standard InChI is InChI=1S/C13H11BrN4O3S/c1-6(10-16-17-12(21-10)18(2)13(19)20)11-15-8-4-3-7(14)5-9(8)22-11/h3-6H,1-2H3,(H,19,20). The van der Waals surface area contributed by atoms with Crippen LogP contribution in [-0.2, 0) is 0 Å². The third kappa shape index (κ3) is 2.69. The monoisotopic (exact) mass is 382 g/mol. The van der Waals surface area contributed by atoms with Crippen LogP contribution in [0.1, 0.15) is 23.7 Å². The van der Waals surface area contributed by atoms with E-state index < -0.39 is 6.09 Å². The van der Waals surface area contributed by atoms with Crippen LogP contribution in [0.15, 0.2) is 27.1 Å². The van der Waals surface area contributed by atoms with Gasteiger partial charge in [0.05, 0.1) is 16.1 Å². The molecular formula is C13H11BrN4O3S. The number of halogens is 1. The zero-order valence-corrected chi connectivity index (χ0v) is 14.1. The molecular weight excluding hydrogens is 372 g/mol. The van der Waals surface area contributed by atoms with Crippen molar-refractivity contribution in [2.75, 3.05) is 11.9 Å². The fraction of sp³-hybridized carbons (Fsp3) is 0.231. The van der Waals surface area contributed by atoms with Gasteiger partial charge in [-0.05, 0) is 25.1 Å². The van der Waals surface area contributed by atoms with Crippen LogP contribution in [0, 0.1) is 0 Å². The quantitative estimate of drug-likeness (QED) is 0.741. The molecule has 0 aliphatic heterocycles. The Hall–Kier alpha value is -2.00. The van der Waals surface area contributed by atoms with Crippen LogP contribution in [-0.4, -0.2) is 33.4 Å². The van der Waals surface area contributed by atoms with Crippen molar-refractivity contribution < 1.29 is 14.3 Å². The lowest BCUT2D eigenvalue weighted by molar-refractivity contribution is 0.201. The Balaban J connectivity index is 1.92. The summed E-state index contributed by atoms with van der Waals surface area (Å²) < 4.78 is 7.47. The number of benzene rings is 1. The van der Waals surface area contributed by atoms with Crippen molar-refractivity contribution >= 4 is 49.6 Å². The van der Waals surface area contributed by atoms with Crippen molar-refractivity contribution in [2.24, 2.45) is 0 Å². The zero-order valence-electron chi connectivity index (χ0n) is 11.6. The number of amides is 1. The van der Waals surface area contributed by atoms with E-state index in [1.54, 1.807) is 0 Å². The molecule has 114 valence electrons. The minimum absolute atomic E-state index is 0.0572. The minimum atomic E-state index is -1.16. The molecule has 1 atom stereocenters. The van der Waals surface area contributed by atoms with Gasteiger partial charge in [0.1, 0.15) is 5.01 Å². The maximum absolute atomic E-state index is 10.9. The normalized spacial score (nSPS) is 12.5. The maximum Gasteiger partial charge on any atom is 0.415 e. The molecule has 0 saturated carbocycles. The highest BCUT2D eigenvalue weighted by Crippen LogP contribution is 2.32. The highest BCUT2D eigenvalue weighted by atomic mass is 79.9. The van der Waals surface area contributed by atoms with E-state index in [2.05, 4.69) is 31.1 Å². The van der Waals surface area contributed by atoms with Gasteiger partial charge in [-0.3, -0.25) is 0 Å². The summed E-state index contributed by atoms with van der Waals surface area (Å²) in [6.07, 6.45) is -1.16. The third-order valence-corrected chi connectivity index (χ3v) is 4.81. The van der Waals surface area contributed by atoms with Crippen molar-refractivity contribution in [2.45, 2.75) is 12.8 Å². The van der Waals surface area contributed by atoms with Crippen LogP contribution < -0.4 is 4.90 Å². The van der Waals surface area contributed by atoms with Crippen LogP contribution in [0.5, 0.6) is 0 Å². The smallest absolute Gasteiger partial charge is 0.415 e. The number of fused-ring (bicyclic) bond motifs is 1. The molecule has 0 bridgehead atoms. The number of hydrogen-bond acceptors (Lipinski definition) is 6. The van der Waals surface area contributed by atoms with Gasteiger partial charge in [-0.1, -0.05) is 21.0 Å². The lowest BCUT2D eigenvalue weighted by Gasteiger charge is -2.06. The molecule has 2 aromatic heterocycles. The summed E-state index contributed by atoms with van der Waals surface area (Å²) in [6.45, 7) is 1.89. The number of carbonyl (C=O) groups is 1. The molecule has 0 saturated heterocycles. The summed E-state index contributed by atoms with van der Waals surface area (Å²) in [6, 6.07) is 5.81. The van der Waals surface area contributed by atoms with Gasteiger partial charge in [-0.15, -0.1) is 16.4 Å². The molecule has 0 spiro atoms. The second-order valence-corrected chi connectivity index (χ2v) is 6.63. The topological polar surface area (TPSA) is 92.4 Å². The Kier molecular flexibility index (Phi) is 3.83. The van der Waals surface area contributed by atoms with E-state index in [9.17, 15) is 4.79 Å². The Morgan fingerprint density at radius 3 is 2.95 bits per heavy atom. The molecule has 7 nitrogen and oxygen atoms in total. The Morgan fingerprint density at radius 2 is 2.23 bits per heavy atom. The number of rotatable bonds is 3. The van der Waals surface area contributed by atoms with E-state index in [-0.39, 0.29) is 11.9 Å². The maximum atomic E-state index is 10.9. The van der Waals surface area contributed by atoms with Crippen LogP contribution in [0.25, 0.3) is 10.2 Å². The predicted molar refractivity (Wildman–Crippen MR) is 85.6 cm³/mol. The van der Waals surface area contributed by atoms with Gasteiger partial charge in [0, 0.05) is 11.5 Å². The van der Waals surface area contributed by atoms with Gasteiger partial charge in [0.15, 0.2) is 0 Å². The lowest BCUT2D eigenvalue weighted by Crippen LogP contribution is -2.23. The Labute approximate surface area is 137 Å². The largest absolute Gasteiger partial charge is 0.465 e. The first-order valence-corrected chi connectivity index (χ1v) is 7.92. The Bertz CT molecular complexity index is 847. The summed E-state index contributed by atoms with van der Waals surface area (Å²) in [4.78, 5) is 16.3. The molecule has 0 fully saturated rings. The van der Waals surface area contributed by atoms with Gasteiger partial charge >= 0.3 is 12.1 Å². The molecule has 0 aliphatic carbocycles. The summed E-state index contributed by atoms with van der Waals surface area (Å²) in [5, 5.41) is 17.4. The van der Waals surface area contributed by atoms with Gasteiger partial charge in [0.25, 0.3) is 0 Å². The minimum Gasteiger partial charge on any atom is -0.465 e. The van der Waals surface area contributed by atoms with Crippen molar-refractivity contribution in [3.05, 3.63) is 33.6 Å². The number of hydrogen-bond donors (Lipinski definition) is 1. The fourth-order valence-electron chi connectivity index (χ4n) is 1.83. The first-order valence-electron chi connectivity index (χ1n) is 6.31. The predicted octanol–water partition coefficient (Wildman–Crippen LogP) is 3.71. The third-order valence-electron chi connectivity index (χ3n) is 3.11. The van der Waals surface area contributed by atoms with E-state index in [0.717, 1.165) is 24.6 Å². The van der Waals surface area contributed by atoms with E-state index in [1.165, 1.54) is 18.4 Å². The van der Waals surface area contributed by atoms with E-state index in [1.807, 2.05) is 25.1 Å². The van der Waals surface area contributed by atoms with E-state index >= 15 is 0 Å². The Morgan fingerprint density at radius 1 is 1.45 bits per heavy atom. The number of aromatic nitrogens is 3. The molecule has 9 heteroatoms. The van der Waals surface area contributed by atoms with Crippen LogP contribution in [0.2, 0.25) is 0 Å². The summed E-state index contributed by atoms with van der Waals surface area (Å²) in [5.74, 6) is 0.126. The van der Waals surface area contributed by atoms with Crippen LogP contribution in [0.3, 0.4) is 0 Å². The second-order valence-electron chi connectivity index (χ2n) is 4.65. The van der Waals surface area contributed by atoms with Gasteiger partial charge in [-0.25, -0.2) is 14.7 Å². The number of nitrogens with zero attached hydrogens (tertiary/aromatic N) is 4. The molecule has 0 aliphatic rings. The molecule has 22 heavy (non-hydrogen) atoms. The van der Waals surface area contributed by atoms with Gasteiger partial charge in [0.2, 0.25) is 5.89 Å². The van der Waals surface area contributed by atoms with Crippen molar-refractivity contribution in [1.82, 2.24) is 15.2 Å². The van der Waals surface area contributed by atoms with Crippen molar-refractivity contribution in [3.8, 4) is 0 Å². The highest BCUT2D eigenvalue weighted by molar-refractivity contribution is 9.10. The summed E-state index contributed by atoms with van der Waals surface area (Å²) in [5.41, 5.74) is 0.900. The van der Waals surface area contributed by atoms with Crippen molar-refractivity contribution in [3.63, 3.8) is 0 Å². The van der Waals surface area contributed by atoms with E-state index in [0.29, 0.717) is 5.89 Å². The molecule has 1 unspecified atom stereocenters. The number of thiazole rings is 1. The average molecular weight is 383 g/mol. The highest BCUT2D eigenvalue weighted by Gasteiger charge is 2.22. The van der Waals surface area contributed by atoms with Crippen LogP contribution >= 0.6 is 27.3 Å². The van der Waals surface area contributed by atoms with E-state index in [4.69, 9.17) is 9.52 Å². The second kappa shape index (κ2) is 5.65. The first-order chi connectivity index (χ1) is 10.5. The fourth-order valence-corrected chi connectivity index (χ4v) is 3.39. The number of carboxylic acid groups (broad SMARTS) is 1.